The number of hydrogen-bond donors (Lipinski definition) is 1. The van der Waals surface area contributed by atoms with Crippen LogP contribution in [0.15, 0.2) is 0 Å². The highest BCUT2D eigenvalue weighted by Gasteiger charge is 2.68. The Labute approximate surface area is 93.3 Å². The van der Waals surface area contributed by atoms with Crippen molar-refractivity contribution in [3.63, 3.8) is 0 Å². The summed E-state index contributed by atoms with van der Waals surface area (Å²) >= 11 is 0. The standard InChI is InChI=1S/C14H24O/c1-12(2)10-6-8-13(3)11(9-10)5-4-7-14(12,13)15/h10-11,15H,4-9H2,1-3H3. The van der Waals surface area contributed by atoms with E-state index in [0.29, 0.717) is 0 Å². The van der Waals surface area contributed by atoms with E-state index in [0.717, 1.165) is 18.3 Å². The molecule has 4 fully saturated rings. The van der Waals surface area contributed by atoms with E-state index >= 15 is 0 Å². The van der Waals surface area contributed by atoms with Crippen LogP contribution in [0.3, 0.4) is 0 Å². The van der Waals surface area contributed by atoms with Crippen molar-refractivity contribution in [3.05, 3.63) is 0 Å². The maximum absolute atomic E-state index is 11.2. The molecule has 0 radical (unpaired) electrons. The highest BCUT2D eigenvalue weighted by molar-refractivity contribution is 5.18. The third kappa shape index (κ3) is 0.906. The number of aliphatic hydroxyl groups is 1. The molecule has 0 aromatic heterocycles. The van der Waals surface area contributed by atoms with Gasteiger partial charge in [0.15, 0.2) is 0 Å². The molecule has 4 bridgehead atoms. The molecule has 1 nitrogen and oxygen atoms in total. The number of hydrogen-bond acceptors (Lipinski definition) is 1. The third-order valence-electron chi connectivity index (χ3n) is 6.60. The van der Waals surface area contributed by atoms with Crippen molar-refractivity contribution in [2.75, 3.05) is 0 Å². The summed E-state index contributed by atoms with van der Waals surface area (Å²) in [6.45, 7) is 7.00. The summed E-state index contributed by atoms with van der Waals surface area (Å²) in [4.78, 5) is 0. The van der Waals surface area contributed by atoms with E-state index in [1.54, 1.807) is 0 Å². The van der Waals surface area contributed by atoms with Gasteiger partial charge in [-0.2, -0.15) is 0 Å². The van der Waals surface area contributed by atoms with Crippen molar-refractivity contribution in [1.82, 2.24) is 0 Å². The summed E-state index contributed by atoms with van der Waals surface area (Å²) in [5.74, 6) is 1.58. The lowest BCUT2D eigenvalue weighted by atomic mass is 9.37. The first-order valence-electron chi connectivity index (χ1n) is 6.64. The van der Waals surface area contributed by atoms with Gasteiger partial charge >= 0.3 is 0 Å². The molecule has 0 aliphatic heterocycles. The second kappa shape index (κ2) is 2.61. The van der Waals surface area contributed by atoms with Gasteiger partial charge in [0.25, 0.3) is 0 Å². The van der Waals surface area contributed by atoms with Crippen molar-refractivity contribution in [2.24, 2.45) is 22.7 Å². The molecular formula is C14H24O. The predicted molar refractivity (Wildman–Crippen MR) is 61.5 cm³/mol. The van der Waals surface area contributed by atoms with Gasteiger partial charge in [-0.05, 0) is 54.8 Å². The minimum absolute atomic E-state index is 0.150. The van der Waals surface area contributed by atoms with Crippen LogP contribution in [0.1, 0.15) is 59.3 Å². The molecule has 0 heterocycles. The molecule has 1 heteroatoms. The molecule has 0 saturated heterocycles. The van der Waals surface area contributed by atoms with Gasteiger partial charge in [-0.1, -0.05) is 27.2 Å². The van der Waals surface area contributed by atoms with Crippen LogP contribution in [0.4, 0.5) is 0 Å². The Morgan fingerprint density at radius 2 is 1.73 bits per heavy atom. The molecule has 15 heavy (non-hydrogen) atoms. The van der Waals surface area contributed by atoms with Gasteiger partial charge in [-0.3, -0.25) is 0 Å². The van der Waals surface area contributed by atoms with Crippen LogP contribution >= 0.6 is 0 Å². The highest BCUT2D eigenvalue weighted by Crippen LogP contribution is 2.70. The zero-order valence-corrected chi connectivity index (χ0v) is 10.3. The van der Waals surface area contributed by atoms with Gasteiger partial charge in [0.05, 0.1) is 5.60 Å². The molecule has 4 saturated carbocycles. The Bertz CT molecular complexity index is 296. The van der Waals surface area contributed by atoms with Crippen LogP contribution in [0, 0.1) is 22.7 Å². The average Bonchev–Trinajstić information content (AvgIpc) is 2.16. The van der Waals surface area contributed by atoms with Crippen molar-refractivity contribution in [3.8, 4) is 0 Å². The predicted octanol–water partition coefficient (Wildman–Crippen LogP) is 3.36. The van der Waals surface area contributed by atoms with Crippen molar-refractivity contribution in [2.45, 2.75) is 64.9 Å². The SMILES string of the molecule is CC1(C)C2CCC3(C)C(CCCC13O)C2. The quantitative estimate of drug-likeness (QED) is 0.647. The second-order valence-electron chi connectivity index (χ2n) is 7.06. The summed E-state index contributed by atoms with van der Waals surface area (Å²) in [6, 6.07) is 0. The van der Waals surface area contributed by atoms with Crippen LogP contribution in [0.5, 0.6) is 0 Å². The molecule has 4 aliphatic carbocycles. The average molecular weight is 208 g/mol. The Kier molecular flexibility index (Phi) is 1.77. The van der Waals surface area contributed by atoms with Gasteiger partial charge in [-0.25, -0.2) is 0 Å². The zero-order chi connectivity index (χ0) is 10.9. The van der Waals surface area contributed by atoms with Crippen molar-refractivity contribution < 1.29 is 5.11 Å². The lowest BCUT2D eigenvalue weighted by molar-refractivity contribution is -0.280. The Morgan fingerprint density at radius 1 is 1.00 bits per heavy atom. The van der Waals surface area contributed by atoms with Crippen LogP contribution in [0.2, 0.25) is 0 Å². The first kappa shape index (κ1) is 10.1. The number of fused-ring (bicyclic) bond motifs is 1. The Balaban J connectivity index is 2.13. The normalized spacial score (nSPS) is 56.8. The van der Waals surface area contributed by atoms with E-state index < -0.39 is 0 Å². The third-order valence-corrected chi connectivity index (χ3v) is 6.60. The maximum Gasteiger partial charge on any atom is 0.0756 e. The Morgan fingerprint density at radius 3 is 2.40 bits per heavy atom. The van der Waals surface area contributed by atoms with Gasteiger partial charge < -0.3 is 5.11 Å². The second-order valence-corrected chi connectivity index (χ2v) is 7.06. The molecule has 4 aliphatic rings. The van der Waals surface area contributed by atoms with E-state index in [9.17, 15) is 5.11 Å². The van der Waals surface area contributed by atoms with Gasteiger partial charge in [0.1, 0.15) is 0 Å². The van der Waals surface area contributed by atoms with Crippen LogP contribution in [-0.4, -0.2) is 10.7 Å². The van der Waals surface area contributed by atoms with E-state index in [4.69, 9.17) is 0 Å². The summed E-state index contributed by atoms with van der Waals surface area (Å²) in [5.41, 5.74) is 0.00447. The molecule has 4 rings (SSSR count). The summed E-state index contributed by atoms with van der Waals surface area (Å²) in [7, 11) is 0. The smallest absolute Gasteiger partial charge is 0.0756 e. The molecule has 4 atom stereocenters. The van der Waals surface area contributed by atoms with Gasteiger partial charge in [0.2, 0.25) is 0 Å². The molecule has 1 N–H and O–H groups in total. The lowest BCUT2D eigenvalue weighted by Crippen LogP contribution is -2.70. The fourth-order valence-corrected chi connectivity index (χ4v) is 5.32. The van der Waals surface area contributed by atoms with Gasteiger partial charge in [0, 0.05) is 0 Å². The highest BCUT2D eigenvalue weighted by atomic mass is 16.3. The molecule has 4 unspecified atom stereocenters. The van der Waals surface area contributed by atoms with Gasteiger partial charge in [-0.15, -0.1) is 0 Å². The first-order chi connectivity index (χ1) is 6.92. The van der Waals surface area contributed by atoms with Crippen LogP contribution < -0.4 is 0 Å². The molecule has 0 spiro atoms. The maximum atomic E-state index is 11.2. The van der Waals surface area contributed by atoms with Crippen LogP contribution in [-0.2, 0) is 0 Å². The van der Waals surface area contributed by atoms with E-state index in [2.05, 4.69) is 20.8 Å². The minimum Gasteiger partial charge on any atom is -0.389 e. The topological polar surface area (TPSA) is 20.2 Å². The van der Waals surface area contributed by atoms with E-state index in [-0.39, 0.29) is 16.4 Å². The largest absolute Gasteiger partial charge is 0.389 e. The Hall–Kier alpha value is -0.0400. The molecule has 0 amide bonds. The molecule has 0 aromatic rings. The summed E-state index contributed by atoms with van der Waals surface area (Å²) in [5, 5.41) is 11.2. The summed E-state index contributed by atoms with van der Waals surface area (Å²) < 4.78 is 0. The monoisotopic (exact) mass is 208 g/mol. The molecule has 86 valence electrons. The van der Waals surface area contributed by atoms with Crippen molar-refractivity contribution >= 4 is 0 Å². The fourth-order valence-electron chi connectivity index (χ4n) is 5.32. The number of rotatable bonds is 0. The summed E-state index contributed by atoms with van der Waals surface area (Å²) in [6.07, 6.45) is 7.65. The molecule has 0 aromatic carbocycles. The minimum atomic E-state index is -0.371. The zero-order valence-electron chi connectivity index (χ0n) is 10.3. The van der Waals surface area contributed by atoms with E-state index in [1.807, 2.05) is 0 Å². The first-order valence-corrected chi connectivity index (χ1v) is 6.64. The van der Waals surface area contributed by atoms with Crippen molar-refractivity contribution in [1.29, 1.82) is 0 Å². The van der Waals surface area contributed by atoms with E-state index in [1.165, 1.54) is 32.1 Å². The lowest BCUT2D eigenvalue weighted by Gasteiger charge is -2.70. The molecular weight excluding hydrogens is 184 g/mol. The fraction of sp³-hybridized carbons (Fsp3) is 1.00. The van der Waals surface area contributed by atoms with Crippen LogP contribution in [0.25, 0.3) is 0 Å².